The van der Waals surface area contributed by atoms with Crippen molar-refractivity contribution in [2.45, 2.75) is 19.8 Å². The first kappa shape index (κ1) is 13.2. The van der Waals surface area contributed by atoms with Crippen LogP contribution < -0.4 is 0 Å². The Bertz CT molecular complexity index is 551. The first-order valence-electron chi connectivity index (χ1n) is 5.45. The van der Waals surface area contributed by atoms with Gasteiger partial charge in [0.05, 0.1) is 17.4 Å². The molecule has 0 aliphatic rings. The number of nitrogens with zero attached hydrogens (tertiary/aromatic N) is 3. The van der Waals surface area contributed by atoms with Gasteiger partial charge >= 0.3 is 0 Å². The maximum Gasteiger partial charge on any atom is 0.125 e. The standard InChI is InChI=1S/C12H12BrN3OS/c1-8-12(16-18-15-8)11(14-17)7-4-9-2-5-10(13)6-3-9/h2-3,5-6,17H,4,7H2,1H3/b14-11+. The van der Waals surface area contributed by atoms with E-state index in [0.29, 0.717) is 17.8 Å². The van der Waals surface area contributed by atoms with Crippen molar-refractivity contribution in [1.29, 1.82) is 0 Å². The zero-order chi connectivity index (χ0) is 13.0. The molecule has 4 nitrogen and oxygen atoms in total. The summed E-state index contributed by atoms with van der Waals surface area (Å²) >= 11 is 4.53. The first-order valence-corrected chi connectivity index (χ1v) is 6.98. The molecule has 0 atom stereocenters. The summed E-state index contributed by atoms with van der Waals surface area (Å²) in [4.78, 5) is 0. The van der Waals surface area contributed by atoms with Crippen molar-refractivity contribution in [3.05, 3.63) is 45.7 Å². The van der Waals surface area contributed by atoms with Crippen molar-refractivity contribution in [3.63, 3.8) is 0 Å². The smallest absolute Gasteiger partial charge is 0.125 e. The molecule has 2 rings (SSSR count). The second-order valence-corrected chi connectivity index (χ2v) is 5.32. The van der Waals surface area contributed by atoms with Crippen LogP contribution in [0, 0.1) is 6.92 Å². The molecule has 6 heteroatoms. The van der Waals surface area contributed by atoms with E-state index in [9.17, 15) is 0 Å². The van der Waals surface area contributed by atoms with Crippen LogP contribution in [0.25, 0.3) is 0 Å². The molecule has 18 heavy (non-hydrogen) atoms. The van der Waals surface area contributed by atoms with Gasteiger partial charge in [0, 0.05) is 4.47 Å². The Kier molecular flexibility index (Phi) is 4.43. The molecule has 1 aromatic carbocycles. The molecule has 1 aromatic heterocycles. The molecule has 0 aliphatic carbocycles. The average Bonchev–Trinajstić information content (AvgIpc) is 2.79. The van der Waals surface area contributed by atoms with Crippen LogP contribution in [-0.2, 0) is 6.42 Å². The second kappa shape index (κ2) is 6.06. The highest BCUT2D eigenvalue weighted by molar-refractivity contribution is 9.10. The maximum atomic E-state index is 9.06. The van der Waals surface area contributed by atoms with Gasteiger partial charge in [-0.15, -0.1) is 0 Å². The fourth-order valence-corrected chi connectivity index (χ4v) is 2.46. The van der Waals surface area contributed by atoms with E-state index < -0.39 is 0 Å². The highest BCUT2D eigenvalue weighted by Gasteiger charge is 2.12. The molecule has 1 N–H and O–H groups in total. The minimum atomic E-state index is 0.587. The normalized spacial score (nSPS) is 11.8. The summed E-state index contributed by atoms with van der Waals surface area (Å²) in [6, 6.07) is 8.10. The average molecular weight is 326 g/mol. The predicted octanol–water partition coefficient (Wildman–Crippen LogP) is 3.42. The maximum absolute atomic E-state index is 9.06. The Morgan fingerprint density at radius 3 is 2.61 bits per heavy atom. The van der Waals surface area contributed by atoms with Crippen molar-refractivity contribution in [2.24, 2.45) is 5.16 Å². The molecule has 0 unspecified atom stereocenters. The van der Waals surface area contributed by atoms with Crippen LogP contribution >= 0.6 is 27.7 Å². The summed E-state index contributed by atoms with van der Waals surface area (Å²) < 4.78 is 9.29. The molecular formula is C12H12BrN3OS. The lowest BCUT2D eigenvalue weighted by atomic mass is 10.1. The number of aryl methyl sites for hydroxylation is 2. The van der Waals surface area contributed by atoms with Gasteiger partial charge in [0.1, 0.15) is 11.4 Å². The monoisotopic (exact) mass is 325 g/mol. The molecule has 0 bridgehead atoms. The van der Waals surface area contributed by atoms with Crippen LogP contribution in [-0.4, -0.2) is 19.7 Å². The van der Waals surface area contributed by atoms with Gasteiger partial charge in [0.2, 0.25) is 0 Å². The summed E-state index contributed by atoms with van der Waals surface area (Å²) in [5.74, 6) is 0. The predicted molar refractivity (Wildman–Crippen MR) is 75.4 cm³/mol. The van der Waals surface area contributed by atoms with Gasteiger partial charge in [-0.1, -0.05) is 33.2 Å². The van der Waals surface area contributed by atoms with Crippen molar-refractivity contribution in [1.82, 2.24) is 8.75 Å². The molecule has 0 saturated heterocycles. The highest BCUT2D eigenvalue weighted by Crippen LogP contribution is 2.14. The lowest BCUT2D eigenvalue weighted by molar-refractivity contribution is 0.318. The second-order valence-electron chi connectivity index (χ2n) is 3.87. The molecule has 0 aliphatic heterocycles. The minimum absolute atomic E-state index is 0.587. The highest BCUT2D eigenvalue weighted by atomic mass is 79.9. The molecule has 0 spiro atoms. The van der Waals surface area contributed by atoms with Crippen LogP contribution in [0.2, 0.25) is 0 Å². The fraction of sp³-hybridized carbons (Fsp3) is 0.250. The van der Waals surface area contributed by atoms with E-state index in [-0.39, 0.29) is 0 Å². The lowest BCUT2D eigenvalue weighted by Crippen LogP contribution is -2.05. The molecular weight excluding hydrogens is 314 g/mol. The third kappa shape index (κ3) is 3.14. The largest absolute Gasteiger partial charge is 0.411 e. The first-order chi connectivity index (χ1) is 8.70. The lowest BCUT2D eigenvalue weighted by Gasteiger charge is -2.03. The Hall–Kier alpha value is -1.27. The molecule has 2 aromatic rings. The van der Waals surface area contributed by atoms with Gasteiger partial charge in [-0.05, 0) is 37.5 Å². The molecule has 1 heterocycles. The third-order valence-corrected chi connectivity index (χ3v) is 3.76. The van der Waals surface area contributed by atoms with Crippen molar-refractivity contribution >= 4 is 33.4 Å². The van der Waals surface area contributed by atoms with E-state index in [0.717, 1.165) is 28.3 Å². The Balaban J connectivity index is 2.05. The van der Waals surface area contributed by atoms with Crippen molar-refractivity contribution in [3.8, 4) is 0 Å². The van der Waals surface area contributed by atoms with Crippen molar-refractivity contribution < 1.29 is 5.21 Å². The van der Waals surface area contributed by atoms with Crippen LogP contribution in [0.3, 0.4) is 0 Å². The van der Waals surface area contributed by atoms with E-state index in [2.05, 4.69) is 29.8 Å². The zero-order valence-corrected chi connectivity index (χ0v) is 12.2. The number of halogens is 1. The quantitative estimate of drug-likeness (QED) is 0.532. The SMILES string of the molecule is Cc1nsnc1/C(CCc1ccc(Br)cc1)=N/O. The molecule has 0 amide bonds. The molecule has 94 valence electrons. The van der Waals surface area contributed by atoms with E-state index >= 15 is 0 Å². The van der Waals surface area contributed by atoms with Crippen LogP contribution in [0.15, 0.2) is 33.9 Å². The fourth-order valence-electron chi connectivity index (χ4n) is 1.62. The summed E-state index contributed by atoms with van der Waals surface area (Å²) in [5.41, 5.74) is 3.28. The number of rotatable bonds is 4. The minimum Gasteiger partial charge on any atom is -0.411 e. The van der Waals surface area contributed by atoms with E-state index in [4.69, 9.17) is 5.21 Å². The zero-order valence-electron chi connectivity index (χ0n) is 9.80. The number of aromatic nitrogens is 2. The molecule has 0 radical (unpaired) electrons. The van der Waals surface area contributed by atoms with E-state index in [1.165, 1.54) is 5.56 Å². The topological polar surface area (TPSA) is 58.4 Å². The molecule has 0 saturated carbocycles. The van der Waals surface area contributed by atoms with Gasteiger partial charge in [-0.2, -0.15) is 8.75 Å². The number of hydrogen-bond acceptors (Lipinski definition) is 5. The number of oxime groups is 1. The van der Waals surface area contributed by atoms with Crippen LogP contribution in [0.4, 0.5) is 0 Å². The van der Waals surface area contributed by atoms with Gasteiger partial charge in [-0.3, -0.25) is 0 Å². The van der Waals surface area contributed by atoms with Gasteiger partial charge in [0.15, 0.2) is 0 Å². The summed E-state index contributed by atoms with van der Waals surface area (Å²) in [7, 11) is 0. The van der Waals surface area contributed by atoms with Gasteiger partial charge < -0.3 is 5.21 Å². The van der Waals surface area contributed by atoms with Gasteiger partial charge in [-0.25, -0.2) is 0 Å². The third-order valence-electron chi connectivity index (χ3n) is 2.61. The number of benzene rings is 1. The summed E-state index contributed by atoms with van der Waals surface area (Å²) in [6.45, 7) is 1.86. The number of hydrogen-bond donors (Lipinski definition) is 1. The Morgan fingerprint density at radius 2 is 2.06 bits per heavy atom. The van der Waals surface area contributed by atoms with E-state index in [1.54, 1.807) is 0 Å². The van der Waals surface area contributed by atoms with Gasteiger partial charge in [0.25, 0.3) is 0 Å². The van der Waals surface area contributed by atoms with E-state index in [1.807, 2.05) is 31.2 Å². The Morgan fingerprint density at radius 1 is 1.33 bits per heavy atom. The van der Waals surface area contributed by atoms with Crippen LogP contribution in [0.5, 0.6) is 0 Å². The van der Waals surface area contributed by atoms with Crippen LogP contribution in [0.1, 0.15) is 23.4 Å². The van der Waals surface area contributed by atoms with Crippen molar-refractivity contribution in [2.75, 3.05) is 0 Å². The summed E-state index contributed by atoms with van der Waals surface area (Å²) in [6.07, 6.45) is 1.45. The summed E-state index contributed by atoms with van der Waals surface area (Å²) in [5, 5.41) is 12.4. The molecule has 0 fully saturated rings. The Labute approximate surface area is 118 Å².